The Morgan fingerprint density at radius 3 is 3.05 bits per heavy atom. The molecule has 98 valence electrons. The average molecular weight is 259 g/mol. The highest BCUT2D eigenvalue weighted by molar-refractivity contribution is 5.78. The Morgan fingerprint density at radius 1 is 1.32 bits per heavy atom. The summed E-state index contributed by atoms with van der Waals surface area (Å²) in [5, 5.41) is 8.78. The van der Waals surface area contributed by atoms with Crippen molar-refractivity contribution in [3.05, 3.63) is 40.8 Å². The molecule has 3 aromatic rings. The standard InChI is InChI=1S/C13H13N3O3/c17-5-1-2-12-14-7-10(15-12)8-3-4-9-11(6-8)19-13(18)16-9/h3-4,6-7,17H,1-2,5H2,(H,14,15)(H,16,18). The molecule has 0 saturated heterocycles. The Kier molecular flexibility index (Phi) is 2.92. The molecule has 19 heavy (non-hydrogen) atoms. The zero-order chi connectivity index (χ0) is 13.2. The molecule has 0 spiro atoms. The molecule has 0 aliphatic carbocycles. The monoisotopic (exact) mass is 259 g/mol. The number of hydrogen-bond donors (Lipinski definition) is 3. The average Bonchev–Trinajstić information content (AvgIpc) is 3.00. The third-order valence-electron chi connectivity index (χ3n) is 2.93. The summed E-state index contributed by atoms with van der Waals surface area (Å²) in [7, 11) is 0. The third kappa shape index (κ3) is 2.30. The largest absolute Gasteiger partial charge is 0.417 e. The number of imidazole rings is 1. The normalized spacial score (nSPS) is 11.2. The zero-order valence-corrected chi connectivity index (χ0v) is 10.1. The number of aliphatic hydroxyl groups is 1. The molecule has 1 aromatic carbocycles. The van der Waals surface area contributed by atoms with Crippen molar-refractivity contribution in [3.8, 4) is 11.3 Å². The lowest BCUT2D eigenvalue weighted by atomic mass is 10.1. The van der Waals surface area contributed by atoms with Crippen LogP contribution in [-0.4, -0.2) is 26.7 Å². The maximum absolute atomic E-state index is 11.1. The minimum absolute atomic E-state index is 0.149. The van der Waals surface area contributed by atoms with E-state index in [1.165, 1.54) is 0 Å². The zero-order valence-electron chi connectivity index (χ0n) is 10.1. The lowest BCUT2D eigenvalue weighted by Gasteiger charge is -1.97. The highest BCUT2D eigenvalue weighted by Gasteiger charge is 2.06. The van der Waals surface area contributed by atoms with Gasteiger partial charge in [0.2, 0.25) is 0 Å². The van der Waals surface area contributed by atoms with E-state index >= 15 is 0 Å². The van der Waals surface area contributed by atoms with Crippen molar-refractivity contribution in [1.82, 2.24) is 15.0 Å². The van der Waals surface area contributed by atoms with Crippen LogP contribution in [0.4, 0.5) is 0 Å². The summed E-state index contributed by atoms with van der Waals surface area (Å²) >= 11 is 0. The first-order valence-electron chi connectivity index (χ1n) is 6.04. The van der Waals surface area contributed by atoms with E-state index in [0.717, 1.165) is 17.1 Å². The molecule has 0 aliphatic rings. The first kappa shape index (κ1) is 11.7. The van der Waals surface area contributed by atoms with Crippen LogP contribution in [-0.2, 0) is 6.42 Å². The first-order valence-corrected chi connectivity index (χ1v) is 6.04. The Labute approximate surface area is 108 Å². The number of nitrogens with one attached hydrogen (secondary N) is 2. The van der Waals surface area contributed by atoms with Crippen LogP contribution in [0.25, 0.3) is 22.4 Å². The van der Waals surface area contributed by atoms with Crippen molar-refractivity contribution in [1.29, 1.82) is 0 Å². The van der Waals surface area contributed by atoms with E-state index in [1.807, 2.05) is 6.07 Å². The molecule has 0 fully saturated rings. The van der Waals surface area contributed by atoms with Gasteiger partial charge in [0.15, 0.2) is 5.58 Å². The topological polar surface area (TPSA) is 94.9 Å². The molecular formula is C13H13N3O3. The minimum atomic E-state index is -0.458. The molecule has 2 aromatic heterocycles. The SMILES string of the molecule is O=c1[nH]c2ccc(-c3cnc(CCCO)[nH]3)cc2o1. The number of fused-ring (bicyclic) bond motifs is 1. The molecule has 6 nitrogen and oxygen atoms in total. The van der Waals surface area contributed by atoms with E-state index in [9.17, 15) is 4.79 Å². The van der Waals surface area contributed by atoms with Crippen LogP contribution >= 0.6 is 0 Å². The summed E-state index contributed by atoms with van der Waals surface area (Å²) in [5.74, 6) is 0.375. The van der Waals surface area contributed by atoms with E-state index in [1.54, 1.807) is 18.3 Å². The van der Waals surface area contributed by atoms with Crippen molar-refractivity contribution >= 4 is 11.1 Å². The first-order chi connectivity index (χ1) is 9.26. The van der Waals surface area contributed by atoms with Crippen molar-refractivity contribution in [2.75, 3.05) is 6.61 Å². The minimum Gasteiger partial charge on any atom is -0.408 e. The highest BCUT2D eigenvalue weighted by Crippen LogP contribution is 2.21. The van der Waals surface area contributed by atoms with Gasteiger partial charge in [-0.2, -0.15) is 0 Å². The summed E-state index contributed by atoms with van der Waals surface area (Å²) in [4.78, 5) is 21.1. The van der Waals surface area contributed by atoms with Gasteiger partial charge >= 0.3 is 5.76 Å². The molecule has 0 atom stereocenters. The van der Waals surface area contributed by atoms with Gasteiger partial charge in [-0.1, -0.05) is 6.07 Å². The van der Waals surface area contributed by atoms with Gasteiger partial charge in [-0.25, -0.2) is 9.78 Å². The smallest absolute Gasteiger partial charge is 0.408 e. The Morgan fingerprint density at radius 2 is 2.21 bits per heavy atom. The van der Waals surface area contributed by atoms with Crippen molar-refractivity contribution in [2.24, 2.45) is 0 Å². The molecule has 2 heterocycles. The van der Waals surface area contributed by atoms with Gasteiger partial charge in [-0.3, -0.25) is 4.98 Å². The van der Waals surface area contributed by atoms with Crippen molar-refractivity contribution in [2.45, 2.75) is 12.8 Å². The summed E-state index contributed by atoms with van der Waals surface area (Å²) in [6.07, 6.45) is 3.12. The number of benzene rings is 1. The summed E-state index contributed by atoms with van der Waals surface area (Å²) in [6, 6.07) is 5.47. The number of oxazole rings is 1. The van der Waals surface area contributed by atoms with Gasteiger partial charge in [0.25, 0.3) is 0 Å². The molecule has 0 radical (unpaired) electrons. The number of aromatic nitrogens is 3. The number of nitrogens with zero attached hydrogens (tertiary/aromatic N) is 1. The van der Waals surface area contributed by atoms with Crippen LogP contribution < -0.4 is 5.76 Å². The maximum atomic E-state index is 11.1. The predicted molar refractivity (Wildman–Crippen MR) is 69.8 cm³/mol. The molecular weight excluding hydrogens is 246 g/mol. The van der Waals surface area contributed by atoms with Crippen LogP contribution in [0.5, 0.6) is 0 Å². The van der Waals surface area contributed by atoms with Crippen LogP contribution in [0.3, 0.4) is 0 Å². The van der Waals surface area contributed by atoms with Gasteiger partial charge in [-0.15, -0.1) is 0 Å². The Hall–Kier alpha value is -2.34. The second kappa shape index (κ2) is 4.74. The maximum Gasteiger partial charge on any atom is 0.417 e. The van der Waals surface area contributed by atoms with Gasteiger partial charge in [0.1, 0.15) is 5.82 Å². The summed E-state index contributed by atoms with van der Waals surface area (Å²) in [5.41, 5.74) is 2.96. The summed E-state index contributed by atoms with van der Waals surface area (Å²) in [6.45, 7) is 0.149. The number of aryl methyl sites for hydroxylation is 1. The van der Waals surface area contributed by atoms with E-state index in [2.05, 4.69) is 15.0 Å². The number of hydrogen-bond acceptors (Lipinski definition) is 4. The van der Waals surface area contributed by atoms with E-state index < -0.39 is 5.76 Å². The lowest BCUT2D eigenvalue weighted by Crippen LogP contribution is -1.92. The number of rotatable bonds is 4. The highest BCUT2D eigenvalue weighted by atomic mass is 16.4. The molecule has 0 bridgehead atoms. The fourth-order valence-electron chi connectivity index (χ4n) is 2.00. The fourth-order valence-corrected chi connectivity index (χ4v) is 2.00. The molecule has 0 saturated carbocycles. The van der Waals surface area contributed by atoms with Crippen molar-refractivity contribution in [3.63, 3.8) is 0 Å². The number of aromatic amines is 2. The predicted octanol–water partition coefficient (Wildman–Crippen LogP) is 1.44. The van der Waals surface area contributed by atoms with Crippen LogP contribution in [0, 0.1) is 0 Å². The molecule has 6 heteroatoms. The van der Waals surface area contributed by atoms with Crippen molar-refractivity contribution < 1.29 is 9.52 Å². The Balaban J connectivity index is 1.94. The van der Waals surface area contributed by atoms with E-state index in [4.69, 9.17) is 9.52 Å². The number of aliphatic hydroxyl groups excluding tert-OH is 1. The second-order valence-corrected chi connectivity index (χ2v) is 4.30. The molecule has 0 unspecified atom stereocenters. The van der Waals surface area contributed by atoms with Gasteiger partial charge < -0.3 is 14.5 Å². The Bertz CT molecular complexity index is 754. The molecule has 0 amide bonds. The van der Waals surface area contributed by atoms with Crippen LogP contribution in [0.15, 0.2) is 33.6 Å². The van der Waals surface area contributed by atoms with E-state index in [0.29, 0.717) is 23.9 Å². The lowest BCUT2D eigenvalue weighted by molar-refractivity contribution is 0.287. The quantitative estimate of drug-likeness (QED) is 0.660. The molecule has 3 rings (SSSR count). The second-order valence-electron chi connectivity index (χ2n) is 4.30. The fraction of sp³-hybridized carbons (Fsp3) is 0.231. The summed E-state index contributed by atoms with van der Waals surface area (Å²) < 4.78 is 5.02. The molecule has 0 aliphatic heterocycles. The van der Waals surface area contributed by atoms with Crippen LogP contribution in [0.2, 0.25) is 0 Å². The van der Waals surface area contributed by atoms with E-state index in [-0.39, 0.29) is 6.61 Å². The van der Waals surface area contributed by atoms with Gasteiger partial charge in [0, 0.05) is 18.6 Å². The van der Waals surface area contributed by atoms with Crippen LogP contribution in [0.1, 0.15) is 12.2 Å². The van der Waals surface area contributed by atoms with Gasteiger partial charge in [-0.05, 0) is 18.6 Å². The molecule has 3 N–H and O–H groups in total. The number of H-pyrrole nitrogens is 2. The third-order valence-corrected chi connectivity index (χ3v) is 2.93. The van der Waals surface area contributed by atoms with Gasteiger partial charge in [0.05, 0.1) is 17.4 Å².